The number of fused-ring (bicyclic) bond motifs is 2. The molecule has 0 spiro atoms. The van der Waals surface area contributed by atoms with Gasteiger partial charge in [-0.25, -0.2) is 0 Å². The largest absolute Gasteiger partial charge is 0.0654 e. The fourth-order valence-electron chi connectivity index (χ4n) is 2.93. The average Bonchev–Trinajstić information content (AvgIpc) is 2.58. The molecule has 11 heavy (non-hydrogen) atoms. The molecule has 0 nitrogen and oxygen atoms in total. The van der Waals surface area contributed by atoms with E-state index in [2.05, 4.69) is 6.92 Å². The molecule has 2 saturated carbocycles. The molecular formula is C11H20. The second-order valence-corrected chi connectivity index (χ2v) is 4.37. The highest BCUT2D eigenvalue weighted by molar-refractivity contribution is 4.89. The van der Waals surface area contributed by atoms with Crippen LogP contribution in [0.4, 0.5) is 0 Å². The van der Waals surface area contributed by atoms with Crippen molar-refractivity contribution in [3.8, 4) is 0 Å². The van der Waals surface area contributed by atoms with Crippen molar-refractivity contribution in [1.82, 2.24) is 0 Å². The fraction of sp³-hybridized carbons (Fsp3) is 1.00. The van der Waals surface area contributed by atoms with E-state index in [1.165, 1.54) is 38.5 Å². The van der Waals surface area contributed by atoms with Gasteiger partial charge in [0.2, 0.25) is 0 Å². The van der Waals surface area contributed by atoms with Crippen molar-refractivity contribution in [2.45, 2.75) is 51.8 Å². The average molecular weight is 153 g/mol. The molecule has 0 aliphatic heterocycles. The van der Waals surface area contributed by atoms with Gasteiger partial charge in [0.05, 0.1) is 0 Å². The minimum absolute atomic E-state index is 0.313. The first-order valence-corrected chi connectivity index (χ1v) is 5.23. The highest BCUT2D eigenvalue weighted by atomic mass is 14.4. The van der Waals surface area contributed by atoms with Crippen molar-refractivity contribution in [2.24, 2.45) is 17.8 Å². The van der Waals surface area contributed by atoms with E-state index in [1.54, 1.807) is 0 Å². The Labute approximate surface area is 71.8 Å². The maximum Gasteiger partial charge on any atom is 0.0269 e. The van der Waals surface area contributed by atoms with Crippen LogP contribution in [-0.4, -0.2) is 0 Å². The molecule has 0 aromatic carbocycles. The van der Waals surface area contributed by atoms with Crippen LogP contribution >= 0.6 is 0 Å². The van der Waals surface area contributed by atoms with Crippen molar-refractivity contribution in [2.75, 3.05) is 0 Å². The SMILES string of the molecule is [2H]C1C[C@@H]2C[C@H]1C[C@H]2CCCC. The van der Waals surface area contributed by atoms with Gasteiger partial charge in [-0.05, 0) is 37.0 Å². The Morgan fingerprint density at radius 3 is 2.91 bits per heavy atom. The highest BCUT2D eigenvalue weighted by Gasteiger charge is 2.38. The summed E-state index contributed by atoms with van der Waals surface area (Å²) in [7, 11) is 0. The zero-order valence-corrected chi connectivity index (χ0v) is 7.55. The summed E-state index contributed by atoms with van der Waals surface area (Å²) in [6.45, 7) is 2.28. The molecule has 0 heteroatoms. The summed E-state index contributed by atoms with van der Waals surface area (Å²) in [5.74, 6) is 2.75. The number of unbranched alkanes of at least 4 members (excludes halogenated alkanes) is 1. The van der Waals surface area contributed by atoms with E-state index in [4.69, 9.17) is 1.37 Å². The Kier molecular flexibility index (Phi) is 1.87. The monoisotopic (exact) mass is 153 g/mol. The first-order valence-electron chi connectivity index (χ1n) is 5.81. The number of hydrogen-bond acceptors (Lipinski definition) is 0. The number of hydrogen-bond donors (Lipinski definition) is 0. The maximum absolute atomic E-state index is 7.79. The van der Waals surface area contributed by atoms with Gasteiger partial charge < -0.3 is 0 Å². The molecule has 2 aliphatic carbocycles. The fourth-order valence-corrected chi connectivity index (χ4v) is 2.93. The summed E-state index contributed by atoms with van der Waals surface area (Å²) in [5, 5.41) is 0. The lowest BCUT2D eigenvalue weighted by atomic mass is 9.85. The highest BCUT2D eigenvalue weighted by Crippen LogP contribution is 2.49. The molecule has 1 unspecified atom stereocenters. The summed E-state index contributed by atoms with van der Waals surface area (Å²) < 4.78 is 7.79. The van der Waals surface area contributed by atoms with Gasteiger partial charge in [-0.2, -0.15) is 0 Å². The number of rotatable bonds is 3. The standard InChI is InChI=1S/C11H20/c1-2-3-4-10-7-9-5-6-11(10)8-9/h9-11H,2-8H2,1H3/t9-,10-,11-/m1/s1/i5D/t5?,9-,10-,11-. The maximum atomic E-state index is 7.79. The van der Waals surface area contributed by atoms with E-state index < -0.39 is 0 Å². The Balaban J connectivity index is 1.82. The summed E-state index contributed by atoms with van der Waals surface area (Å²) in [4.78, 5) is 0. The smallest absolute Gasteiger partial charge is 0.0269 e. The molecule has 64 valence electrons. The van der Waals surface area contributed by atoms with E-state index in [0.29, 0.717) is 6.40 Å². The van der Waals surface area contributed by atoms with Gasteiger partial charge in [-0.1, -0.05) is 32.6 Å². The molecule has 2 rings (SSSR count). The molecule has 2 bridgehead atoms. The van der Waals surface area contributed by atoms with Gasteiger partial charge >= 0.3 is 0 Å². The molecule has 2 aliphatic rings. The first kappa shape index (κ1) is 6.51. The van der Waals surface area contributed by atoms with Crippen LogP contribution < -0.4 is 0 Å². The van der Waals surface area contributed by atoms with Crippen LogP contribution in [0.15, 0.2) is 0 Å². The summed E-state index contributed by atoms with van der Waals surface area (Å²) in [6.07, 6.45) is 8.52. The van der Waals surface area contributed by atoms with E-state index in [1.807, 2.05) is 0 Å². The second kappa shape index (κ2) is 3.16. The lowest BCUT2D eigenvalue weighted by molar-refractivity contribution is 0.307. The van der Waals surface area contributed by atoms with Crippen molar-refractivity contribution >= 4 is 0 Å². The van der Waals surface area contributed by atoms with Crippen LogP contribution in [0.1, 0.15) is 53.2 Å². The van der Waals surface area contributed by atoms with Crippen LogP contribution in [0, 0.1) is 17.8 Å². The van der Waals surface area contributed by atoms with Gasteiger partial charge in [0, 0.05) is 1.37 Å². The van der Waals surface area contributed by atoms with Gasteiger partial charge in [0.25, 0.3) is 0 Å². The Hall–Kier alpha value is 0. The molecule has 0 saturated heterocycles. The molecule has 2 fully saturated rings. The molecule has 0 N–H and O–H groups in total. The molecule has 0 heterocycles. The molecule has 4 atom stereocenters. The van der Waals surface area contributed by atoms with Crippen LogP contribution in [0.25, 0.3) is 0 Å². The Morgan fingerprint density at radius 1 is 1.45 bits per heavy atom. The summed E-state index contributed by atoms with van der Waals surface area (Å²) in [6, 6.07) is 0. The topological polar surface area (TPSA) is 0 Å². The van der Waals surface area contributed by atoms with Crippen LogP contribution in [0.2, 0.25) is 0 Å². The predicted octanol–water partition coefficient (Wildman–Crippen LogP) is 3.61. The van der Waals surface area contributed by atoms with Gasteiger partial charge in [-0.3, -0.25) is 0 Å². The van der Waals surface area contributed by atoms with Gasteiger partial charge in [0.1, 0.15) is 0 Å². The third-order valence-corrected chi connectivity index (χ3v) is 3.58. The quantitative estimate of drug-likeness (QED) is 0.581. The molecule has 0 aromatic heterocycles. The van der Waals surface area contributed by atoms with Crippen LogP contribution in [0.5, 0.6) is 0 Å². The molecule has 0 amide bonds. The Bertz CT molecular complexity index is 153. The van der Waals surface area contributed by atoms with Crippen LogP contribution in [-0.2, 0) is 0 Å². The van der Waals surface area contributed by atoms with E-state index in [9.17, 15) is 0 Å². The third kappa shape index (κ3) is 1.45. The molecule has 0 aromatic rings. The Morgan fingerprint density at radius 2 is 2.36 bits per heavy atom. The van der Waals surface area contributed by atoms with Crippen molar-refractivity contribution < 1.29 is 1.37 Å². The lowest BCUT2D eigenvalue weighted by Crippen LogP contribution is -2.09. The zero-order valence-electron chi connectivity index (χ0n) is 8.55. The lowest BCUT2D eigenvalue weighted by Gasteiger charge is -2.20. The predicted molar refractivity (Wildman–Crippen MR) is 48.5 cm³/mol. The van der Waals surface area contributed by atoms with E-state index in [-0.39, 0.29) is 0 Å². The molecule has 0 radical (unpaired) electrons. The van der Waals surface area contributed by atoms with E-state index in [0.717, 1.165) is 17.8 Å². The third-order valence-electron chi connectivity index (χ3n) is 3.58. The van der Waals surface area contributed by atoms with Gasteiger partial charge in [0.15, 0.2) is 0 Å². The van der Waals surface area contributed by atoms with Crippen LogP contribution in [0.3, 0.4) is 0 Å². The van der Waals surface area contributed by atoms with Gasteiger partial charge in [-0.15, -0.1) is 0 Å². The van der Waals surface area contributed by atoms with Crippen molar-refractivity contribution in [1.29, 1.82) is 0 Å². The normalized spacial score (nSPS) is 49.7. The summed E-state index contributed by atoms with van der Waals surface area (Å²) >= 11 is 0. The first-order chi connectivity index (χ1) is 5.81. The van der Waals surface area contributed by atoms with Crippen molar-refractivity contribution in [3.63, 3.8) is 0 Å². The zero-order chi connectivity index (χ0) is 8.55. The van der Waals surface area contributed by atoms with Crippen molar-refractivity contribution in [3.05, 3.63) is 0 Å². The minimum atomic E-state index is 0.313. The van der Waals surface area contributed by atoms with E-state index >= 15 is 0 Å². The second-order valence-electron chi connectivity index (χ2n) is 4.37. The molecular weight excluding hydrogens is 132 g/mol. The minimum Gasteiger partial charge on any atom is -0.0654 e. The summed E-state index contributed by atoms with van der Waals surface area (Å²) in [5.41, 5.74) is 0.